The van der Waals surface area contributed by atoms with Crippen LogP contribution in [0.25, 0.3) is 0 Å². The highest BCUT2D eigenvalue weighted by Gasteiger charge is 2.30. The summed E-state index contributed by atoms with van der Waals surface area (Å²) in [6.45, 7) is 3.42. The molecule has 1 atom stereocenters. The number of nitrogens with zero attached hydrogens (tertiary/aromatic N) is 2. The number of rotatable bonds is 8. The van der Waals surface area contributed by atoms with Crippen LogP contribution in [0.3, 0.4) is 0 Å². The molecule has 1 aliphatic rings. The first-order valence-electron chi connectivity index (χ1n) is 6.98. The third-order valence-corrected chi connectivity index (χ3v) is 3.50. The van der Waals surface area contributed by atoms with Crippen LogP contribution in [0, 0.1) is 0 Å². The van der Waals surface area contributed by atoms with Gasteiger partial charge in [0.1, 0.15) is 0 Å². The van der Waals surface area contributed by atoms with Gasteiger partial charge >= 0.3 is 12.0 Å². The highest BCUT2D eigenvalue weighted by molar-refractivity contribution is 5.76. The molecule has 1 unspecified atom stereocenters. The number of carbonyl (C=O) groups excluding carboxylic acids is 1. The minimum atomic E-state index is -0.853. The lowest BCUT2D eigenvalue weighted by Crippen LogP contribution is -2.45. The Labute approximate surface area is 119 Å². The topological polar surface area (TPSA) is 82.1 Å². The zero-order valence-electron chi connectivity index (χ0n) is 12.3. The van der Waals surface area contributed by atoms with Gasteiger partial charge in [-0.3, -0.25) is 4.79 Å². The zero-order valence-corrected chi connectivity index (χ0v) is 12.3. The Morgan fingerprint density at radius 1 is 1.45 bits per heavy atom. The quantitative estimate of drug-likeness (QED) is 0.667. The van der Waals surface area contributed by atoms with E-state index < -0.39 is 5.97 Å². The molecule has 0 radical (unpaired) electrons. The summed E-state index contributed by atoms with van der Waals surface area (Å²) in [6, 6.07) is -0.326. The largest absolute Gasteiger partial charge is 0.481 e. The lowest BCUT2D eigenvalue weighted by atomic mass is 10.1. The highest BCUT2D eigenvalue weighted by atomic mass is 16.5. The van der Waals surface area contributed by atoms with Crippen LogP contribution in [0.15, 0.2) is 0 Å². The molecule has 0 aromatic rings. The van der Waals surface area contributed by atoms with Crippen LogP contribution in [0.5, 0.6) is 0 Å². The summed E-state index contributed by atoms with van der Waals surface area (Å²) in [7, 11) is 3.62. The van der Waals surface area contributed by atoms with E-state index >= 15 is 0 Å². The molecule has 0 aromatic heterocycles. The Balaban J connectivity index is 2.26. The third kappa shape index (κ3) is 5.75. The third-order valence-electron chi connectivity index (χ3n) is 3.50. The molecule has 1 saturated heterocycles. The highest BCUT2D eigenvalue weighted by Crippen LogP contribution is 2.19. The Bertz CT molecular complexity index is 325. The summed E-state index contributed by atoms with van der Waals surface area (Å²) < 4.78 is 4.98. The minimum Gasteiger partial charge on any atom is -0.481 e. The molecule has 7 nitrogen and oxygen atoms in total. The van der Waals surface area contributed by atoms with E-state index in [2.05, 4.69) is 10.2 Å². The van der Waals surface area contributed by atoms with Gasteiger partial charge in [-0.25, -0.2) is 4.79 Å². The summed E-state index contributed by atoms with van der Waals surface area (Å²) in [5, 5.41) is 11.7. The average Bonchev–Trinajstić information content (AvgIpc) is 2.83. The SMILES string of the molecule is COCCN(C)CCNC(=O)N1CCCC1CC(=O)O. The number of methoxy groups -OCH3 is 1. The van der Waals surface area contributed by atoms with Gasteiger partial charge < -0.3 is 25.0 Å². The number of hydrogen-bond acceptors (Lipinski definition) is 4. The van der Waals surface area contributed by atoms with Crippen molar-refractivity contribution in [3.8, 4) is 0 Å². The van der Waals surface area contributed by atoms with Crippen LogP contribution in [0.1, 0.15) is 19.3 Å². The van der Waals surface area contributed by atoms with Crippen molar-refractivity contribution in [3.63, 3.8) is 0 Å². The molecule has 7 heteroatoms. The molecule has 0 aliphatic carbocycles. The zero-order chi connectivity index (χ0) is 15.0. The number of likely N-dealkylation sites (N-methyl/N-ethyl adjacent to an activating group) is 1. The number of likely N-dealkylation sites (tertiary alicyclic amines) is 1. The second-order valence-corrected chi connectivity index (χ2v) is 5.12. The summed E-state index contributed by atoms with van der Waals surface area (Å²) in [6.07, 6.45) is 1.67. The molecule has 0 bridgehead atoms. The summed E-state index contributed by atoms with van der Waals surface area (Å²) in [5.74, 6) is -0.853. The number of carboxylic acids is 1. The van der Waals surface area contributed by atoms with E-state index in [-0.39, 0.29) is 18.5 Å². The van der Waals surface area contributed by atoms with Gasteiger partial charge in [-0.05, 0) is 19.9 Å². The predicted octanol–water partition coefficient (Wildman–Crippen LogP) is 0.213. The van der Waals surface area contributed by atoms with Gasteiger partial charge in [-0.1, -0.05) is 0 Å². The van der Waals surface area contributed by atoms with Crippen LogP contribution in [0.2, 0.25) is 0 Å². The molecule has 116 valence electrons. The first kappa shape index (κ1) is 16.7. The summed E-state index contributed by atoms with van der Waals surface area (Å²) in [4.78, 5) is 26.5. The van der Waals surface area contributed by atoms with Gasteiger partial charge in [0.2, 0.25) is 0 Å². The second kappa shape index (κ2) is 8.76. The van der Waals surface area contributed by atoms with Crippen LogP contribution in [0.4, 0.5) is 4.79 Å². The average molecular weight is 287 g/mol. The van der Waals surface area contributed by atoms with Crippen LogP contribution in [-0.4, -0.2) is 79.9 Å². The van der Waals surface area contributed by atoms with E-state index in [0.29, 0.717) is 19.7 Å². The van der Waals surface area contributed by atoms with E-state index in [4.69, 9.17) is 9.84 Å². The minimum absolute atomic E-state index is 0.0289. The van der Waals surface area contributed by atoms with E-state index in [0.717, 1.165) is 25.9 Å². The van der Waals surface area contributed by atoms with Gasteiger partial charge in [0, 0.05) is 39.3 Å². The molecule has 1 heterocycles. The molecule has 20 heavy (non-hydrogen) atoms. The number of hydrogen-bond donors (Lipinski definition) is 2. The van der Waals surface area contributed by atoms with Crippen molar-refractivity contribution in [2.45, 2.75) is 25.3 Å². The fraction of sp³-hybridized carbons (Fsp3) is 0.846. The van der Waals surface area contributed by atoms with E-state index in [1.54, 1.807) is 12.0 Å². The van der Waals surface area contributed by atoms with Crippen molar-refractivity contribution in [2.24, 2.45) is 0 Å². The molecular weight excluding hydrogens is 262 g/mol. The number of ether oxygens (including phenoxy) is 1. The Hall–Kier alpha value is -1.34. The molecule has 2 amide bonds. The fourth-order valence-corrected chi connectivity index (χ4v) is 2.33. The molecular formula is C13H25N3O4. The van der Waals surface area contributed by atoms with Crippen molar-refractivity contribution in [1.82, 2.24) is 15.1 Å². The number of amides is 2. The maximum absolute atomic E-state index is 12.0. The monoisotopic (exact) mass is 287 g/mol. The summed E-state index contributed by atoms with van der Waals surface area (Å²) >= 11 is 0. The Kier molecular flexibility index (Phi) is 7.32. The number of carboxylic acid groups (broad SMARTS) is 1. The molecule has 0 aromatic carbocycles. The number of carbonyl (C=O) groups is 2. The number of nitrogens with one attached hydrogen (secondary N) is 1. The fourth-order valence-electron chi connectivity index (χ4n) is 2.33. The smallest absolute Gasteiger partial charge is 0.317 e. The van der Waals surface area contributed by atoms with Crippen molar-refractivity contribution in [2.75, 3.05) is 46.9 Å². The number of urea groups is 1. The van der Waals surface area contributed by atoms with Gasteiger partial charge in [-0.2, -0.15) is 0 Å². The predicted molar refractivity (Wildman–Crippen MR) is 74.8 cm³/mol. The van der Waals surface area contributed by atoms with Crippen LogP contribution >= 0.6 is 0 Å². The van der Waals surface area contributed by atoms with E-state index in [1.165, 1.54) is 0 Å². The maximum Gasteiger partial charge on any atom is 0.317 e. The lowest BCUT2D eigenvalue weighted by molar-refractivity contribution is -0.137. The van der Waals surface area contributed by atoms with Gasteiger partial charge in [0.25, 0.3) is 0 Å². The van der Waals surface area contributed by atoms with E-state index in [9.17, 15) is 9.59 Å². The van der Waals surface area contributed by atoms with Gasteiger partial charge in [-0.15, -0.1) is 0 Å². The Morgan fingerprint density at radius 3 is 2.85 bits per heavy atom. The molecule has 2 N–H and O–H groups in total. The van der Waals surface area contributed by atoms with Crippen molar-refractivity contribution >= 4 is 12.0 Å². The normalized spacial score (nSPS) is 18.6. The molecule has 1 fully saturated rings. The van der Waals surface area contributed by atoms with Gasteiger partial charge in [0.05, 0.1) is 13.0 Å². The van der Waals surface area contributed by atoms with Gasteiger partial charge in [0.15, 0.2) is 0 Å². The number of aliphatic carboxylic acids is 1. The van der Waals surface area contributed by atoms with E-state index in [1.807, 2.05) is 7.05 Å². The lowest BCUT2D eigenvalue weighted by Gasteiger charge is -2.24. The summed E-state index contributed by atoms with van der Waals surface area (Å²) in [5.41, 5.74) is 0. The van der Waals surface area contributed by atoms with Crippen LogP contribution in [-0.2, 0) is 9.53 Å². The van der Waals surface area contributed by atoms with Crippen LogP contribution < -0.4 is 5.32 Å². The van der Waals surface area contributed by atoms with Crippen molar-refractivity contribution in [3.05, 3.63) is 0 Å². The van der Waals surface area contributed by atoms with Crippen molar-refractivity contribution < 1.29 is 19.4 Å². The first-order valence-corrected chi connectivity index (χ1v) is 6.98. The molecule has 0 spiro atoms. The molecule has 1 aliphatic heterocycles. The molecule has 1 rings (SSSR count). The first-order chi connectivity index (χ1) is 9.54. The molecule has 0 saturated carbocycles. The standard InChI is InChI=1S/C13H25N3O4/c1-15(8-9-20-2)7-5-14-13(19)16-6-3-4-11(16)10-12(17)18/h11H,3-10H2,1-2H3,(H,14,19)(H,17,18). The van der Waals surface area contributed by atoms with Crippen molar-refractivity contribution in [1.29, 1.82) is 0 Å². The second-order valence-electron chi connectivity index (χ2n) is 5.12. The Morgan fingerprint density at radius 2 is 2.20 bits per heavy atom. The maximum atomic E-state index is 12.0.